The summed E-state index contributed by atoms with van der Waals surface area (Å²) in [4.78, 5) is 21.3. The summed E-state index contributed by atoms with van der Waals surface area (Å²) in [5, 5.41) is 2.87. The second-order valence-corrected chi connectivity index (χ2v) is 13.8. The number of nitrogens with zero attached hydrogens (tertiary/aromatic N) is 2. The maximum absolute atomic E-state index is 13.0. The normalized spacial score (nSPS) is 22.8. The Morgan fingerprint density at radius 3 is 2.49 bits per heavy atom. The molecule has 0 bridgehead atoms. The first kappa shape index (κ1) is 28.0. The molecular weight excluding hydrogens is 523 g/mol. The predicted octanol–water partition coefficient (Wildman–Crippen LogP) is 5.75. The molecule has 4 rings (SSSR count). The highest BCUT2D eigenvalue weighted by atomic mass is 32.2. The van der Waals surface area contributed by atoms with Crippen LogP contribution in [0.4, 0.5) is 13.2 Å². The fourth-order valence-electron chi connectivity index (χ4n) is 5.44. The van der Waals surface area contributed by atoms with Gasteiger partial charge < -0.3 is 5.32 Å². The van der Waals surface area contributed by atoms with E-state index in [0.717, 1.165) is 17.0 Å². The highest BCUT2D eigenvalue weighted by molar-refractivity contribution is 7.91. The van der Waals surface area contributed by atoms with Crippen molar-refractivity contribution >= 4 is 27.1 Å². The van der Waals surface area contributed by atoms with Crippen molar-refractivity contribution in [3.05, 3.63) is 45.4 Å². The molecule has 37 heavy (non-hydrogen) atoms. The topological polar surface area (TPSA) is 79.4 Å². The number of pyridine rings is 1. The van der Waals surface area contributed by atoms with Crippen molar-refractivity contribution in [2.45, 2.75) is 76.7 Å². The fraction of sp³-hybridized carbons (Fsp3) is 0.615. The van der Waals surface area contributed by atoms with Gasteiger partial charge in [-0.3, -0.25) is 14.7 Å². The van der Waals surface area contributed by atoms with Gasteiger partial charge in [0.1, 0.15) is 0 Å². The molecule has 0 spiro atoms. The number of hydrogen-bond acceptors (Lipinski definition) is 6. The molecule has 0 radical (unpaired) electrons. The zero-order chi connectivity index (χ0) is 27.0. The molecule has 2 aromatic heterocycles. The first-order valence-corrected chi connectivity index (χ1v) is 15.2. The molecule has 1 fully saturated rings. The van der Waals surface area contributed by atoms with Crippen molar-refractivity contribution in [3.8, 4) is 0 Å². The van der Waals surface area contributed by atoms with E-state index in [1.807, 2.05) is 6.07 Å². The third-order valence-corrected chi connectivity index (χ3v) is 10.5. The van der Waals surface area contributed by atoms with Gasteiger partial charge >= 0.3 is 6.18 Å². The van der Waals surface area contributed by atoms with Crippen LogP contribution in [0.5, 0.6) is 0 Å². The van der Waals surface area contributed by atoms with Crippen LogP contribution < -0.4 is 5.32 Å². The highest BCUT2D eigenvalue weighted by Crippen LogP contribution is 2.46. The number of sulfone groups is 1. The van der Waals surface area contributed by atoms with Gasteiger partial charge in [0.2, 0.25) is 0 Å². The van der Waals surface area contributed by atoms with Gasteiger partial charge in [-0.2, -0.15) is 13.2 Å². The van der Waals surface area contributed by atoms with Gasteiger partial charge in [0, 0.05) is 30.2 Å². The van der Waals surface area contributed by atoms with E-state index in [-0.39, 0.29) is 47.9 Å². The molecule has 2 aliphatic rings. The molecular formula is C26H34F3N3O3S2. The number of alkyl halides is 3. The van der Waals surface area contributed by atoms with Crippen molar-refractivity contribution in [3.63, 3.8) is 0 Å². The molecule has 0 aromatic carbocycles. The molecule has 1 atom stereocenters. The number of carbonyl (C=O) groups is 1. The van der Waals surface area contributed by atoms with Crippen molar-refractivity contribution < 1.29 is 26.4 Å². The summed E-state index contributed by atoms with van der Waals surface area (Å²) in [7, 11) is -3.32. The van der Waals surface area contributed by atoms with Gasteiger partial charge in [-0.15, -0.1) is 11.3 Å². The third-order valence-electron chi connectivity index (χ3n) is 7.50. The maximum atomic E-state index is 13.0. The number of rotatable bonds is 8. The predicted molar refractivity (Wildman–Crippen MR) is 137 cm³/mol. The lowest BCUT2D eigenvalue weighted by molar-refractivity contribution is -0.184. The Hall–Kier alpha value is -1.98. The summed E-state index contributed by atoms with van der Waals surface area (Å²) in [6, 6.07) is 5.18. The van der Waals surface area contributed by atoms with E-state index >= 15 is 0 Å². The molecule has 1 saturated carbocycles. The molecule has 204 valence electrons. The molecule has 1 amide bonds. The van der Waals surface area contributed by atoms with Gasteiger partial charge in [0.25, 0.3) is 5.91 Å². The lowest BCUT2D eigenvalue weighted by Gasteiger charge is -2.35. The number of fused-ring (bicyclic) bond motifs is 1. The van der Waals surface area contributed by atoms with Crippen LogP contribution in [-0.4, -0.2) is 42.7 Å². The van der Waals surface area contributed by atoms with E-state index in [9.17, 15) is 26.4 Å². The van der Waals surface area contributed by atoms with Crippen molar-refractivity contribution in [2.75, 3.05) is 12.3 Å². The van der Waals surface area contributed by atoms with Gasteiger partial charge in [0.05, 0.1) is 33.7 Å². The van der Waals surface area contributed by atoms with E-state index in [1.165, 1.54) is 23.6 Å². The minimum absolute atomic E-state index is 0.00177. The van der Waals surface area contributed by atoms with Gasteiger partial charge in [-0.25, -0.2) is 8.42 Å². The molecule has 0 saturated heterocycles. The van der Waals surface area contributed by atoms with E-state index < -0.39 is 21.9 Å². The molecule has 2 aromatic rings. The molecule has 1 aliphatic heterocycles. The average molecular weight is 558 g/mol. The van der Waals surface area contributed by atoms with Crippen LogP contribution in [-0.2, 0) is 22.9 Å². The largest absolute Gasteiger partial charge is 0.391 e. The number of nitrogens with one attached hydrogen (secondary N) is 1. The van der Waals surface area contributed by atoms with Crippen LogP contribution in [0.15, 0.2) is 29.3 Å². The Bertz CT molecular complexity index is 1200. The van der Waals surface area contributed by atoms with Crippen LogP contribution in [0.25, 0.3) is 0 Å². The Labute approximate surface area is 220 Å². The minimum Gasteiger partial charge on any atom is -0.346 e. The van der Waals surface area contributed by atoms with Crippen molar-refractivity contribution in [2.24, 2.45) is 17.8 Å². The third kappa shape index (κ3) is 6.37. The van der Waals surface area contributed by atoms with E-state index in [1.54, 1.807) is 13.0 Å². The quantitative estimate of drug-likeness (QED) is 0.447. The SMILES string of the molecule is CCS(=O)(=O)c1ccc(CNC(=O)c2cc3c(s2)C(C(C)C)N(CC2CCC(C(F)(F)F)CC2)C3)nc1. The first-order chi connectivity index (χ1) is 17.4. The Kier molecular flexibility index (Phi) is 8.35. The van der Waals surface area contributed by atoms with E-state index in [0.29, 0.717) is 35.9 Å². The van der Waals surface area contributed by atoms with Crippen molar-refractivity contribution in [1.29, 1.82) is 0 Å². The average Bonchev–Trinajstić information content (AvgIpc) is 3.40. The summed E-state index contributed by atoms with van der Waals surface area (Å²) in [5.41, 5.74) is 1.68. The summed E-state index contributed by atoms with van der Waals surface area (Å²) < 4.78 is 63.0. The lowest BCUT2D eigenvalue weighted by atomic mass is 9.81. The highest BCUT2D eigenvalue weighted by Gasteiger charge is 2.42. The first-order valence-electron chi connectivity index (χ1n) is 12.8. The zero-order valence-corrected chi connectivity index (χ0v) is 23.0. The Morgan fingerprint density at radius 1 is 1.22 bits per heavy atom. The summed E-state index contributed by atoms with van der Waals surface area (Å²) in [6.07, 6.45) is -1.13. The van der Waals surface area contributed by atoms with Gasteiger partial charge in [-0.05, 0) is 61.3 Å². The second kappa shape index (κ2) is 11.0. The molecule has 6 nitrogen and oxygen atoms in total. The van der Waals surface area contributed by atoms with Crippen LogP contribution in [0, 0.1) is 17.8 Å². The number of hydrogen-bond donors (Lipinski definition) is 1. The van der Waals surface area contributed by atoms with Crippen LogP contribution in [0.2, 0.25) is 0 Å². The monoisotopic (exact) mass is 557 g/mol. The summed E-state index contributed by atoms with van der Waals surface area (Å²) in [5.74, 6) is -0.788. The number of aromatic nitrogens is 1. The minimum atomic E-state index is -4.09. The molecule has 1 aliphatic carbocycles. The number of amides is 1. The van der Waals surface area contributed by atoms with Gasteiger partial charge in [0.15, 0.2) is 9.84 Å². The standard InChI is InChI=1S/C26H34F3N3O3S2/c1-4-37(34,35)21-10-9-20(30-13-21)12-31-25(33)22-11-18-15-32(23(16(2)3)24(18)36-22)14-17-5-7-19(8-6-17)26(27,28)29/h9-11,13,16-17,19,23H,4-8,12,14-15H2,1-3H3,(H,31,33). The van der Waals surface area contributed by atoms with Gasteiger partial charge in [-0.1, -0.05) is 20.8 Å². The van der Waals surface area contributed by atoms with Crippen LogP contribution in [0.3, 0.4) is 0 Å². The second-order valence-electron chi connectivity index (χ2n) is 10.4. The van der Waals surface area contributed by atoms with E-state index in [4.69, 9.17) is 0 Å². The number of thiophene rings is 1. The van der Waals surface area contributed by atoms with Crippen molar-refractivity contribution in [1.82, 2.24) is 15.2 Å². The Balaban J connectivity index is 1.36. The molecule has 3 heterocycles. The van der Waals surface area contributed by atoms with Crippen LogP contribution in [0.1, 0.15) is 78.3 Å². The zero-order valence-electron chi connectivity index (χ0n) is 21.3. The molecule has 11 heteroatoms. The smallest absolute Gasteiger partial charge is 0.346 e. The summed E-state index contributed by atoms with van der Waals surface area (Å²) in [6.45, 7) is 7.53. The Morgan fingerprint density at radius 2 is 1.92 bits per heavy atom. The maximum Gasteiger partial charge on any atom is 0.391 e. The molecule has 1 N–H and O–H groups in total. The lowest BCUT2D eigenvalue weighted by Crippen LogP contribution is -2.35. The number of halogens is 3. The summed E-state index contributed by atoms with van der Waals surface area (Å²) >= 11 is 1.48. The van der Waals surface area contributed by atoms with Crippen LogP contribution >= 0.6 is 11.3 Å². The molecule has 1 unspecified atom stereocenters. The number of carbonyl (C=O) groups excluding carboxylic acids is 1. The fourth-order valence-corrected chi connectivity index (χ4v) is 7.66. The van der Waals surface area contributed by atoms with E-state index in [2.05, 4.69) is 29.0 Å².